The molecule has 0 saturated carbocycles. The van der Waals surface area contributed by atoms with Crippen LogP contribution < -0.4 is 0 Å². The molecule has 0 heterocycles. The first-order valence-electron chi connectivity index (χ1n) is 9.49. The summed E-state index contributed by atoms with van der Waals surface area (Å²) in [5.41, 5.74) is 8.99. The lowest BCUT2D eigenvalue weighted by atomic mass is 9.93. The van der Waals surface area contributed by atoms with E-state index < -0.39 is 0 Å². The maximum Gasteiger partial charge on any atom is 0.142 e. The first kappa shape index (κ1) is 16.1. The third kappa shape index (κ3) is 3.08. The predicted molar refractivity (Wildman–Crippen MR) is 110 cm³/mol. The van der Waals surface area contributed by atoms with Crippen molar-refractivity contribution in [3.05, 3.63) is 112 Å². The van der Waals surface area contributed by atoms with Crippen LogP contribution in [0.4, 0.5) is 0 Å². The zero-order valence-electron chi connectivity index (χ0n) is 15.1. The van der Waals surface area contributed by atoms with Gasteiger partial charge in [0.1, 0.15) is 6.61 Å². The lowest BCUT2D eigenvalue weighted by Crippen LogP contribution is -2.14. The van der Waals surface area contributed by atoms with Crippen molar-refractivity contribution in [2.45, 2.75) is 19.4 Å². The molecule has 2 aliphatic rings. The molecule has 3 aromatic rings. The van der Waals surface area contributed by atoms with E-state index >= 15 is 0 Å². The summed E-state index contributed by atoms with van der Waals surface area (Å²) in [6.07, 6.45) is 4.36. The standard InChI is InChI=1S/C25H21NO/c1-2-8-18(9-3-1)17-27-26-25-23-13-7-6-12-21(23)16-24(25)22-14-19-10-4-5-11-20(19)15-22/h1-14,24H,15-17H2. The number of allylic oxidation sites excluding steroid dienone is 1. The Hall–Kier alpha value is -3.13. The van der Waals surface area contributed by atoms with Crippen molar-refractivity contribution in [1.29, 1.82) is 0 Å². The van der Waals surface area contributed by atoms with Crippen molar-refractivity contribution >= 4 is 11.8 Å². The fraction of sp³-hybridized carbons (Fsp3) is 0.160. The summed E-state index contributed by atoms with van der Waals surface area (Å²) in [7, 11) is 0. The third-order valence-corrected chi connectivity index (χ3v) is 5.52. The van der Waals surface area contributed by atoms with E-state index in [2.05, 4.69) is 71.9 Å². The van der Waals surface area contributed by atoms with E-state index in [1.54, 1.807) is 0 Å². The molecule has 0 fully saturated rings. The normalized spacial score (nSPS) is 18.9. The molecular formula is C25H21NO. The molecule has 0 bridgehead atoms. The zero-order valence-corrected chi connectivity index (χ0v) is 15.1. The topological polar surface area (TPSA) is 21.6 Å². The summed E-state index contributed by atoms with van der Waals surface area (Å²) in [4.78, 5) is 5.79. The average Bonchev–Trinajstić information content (AvgIpc) is 3.30. The molecule has 2 aliphatic carbocycles. The summed E-state index contributed by atoms with van der Waals surface area (Å²) < 4.78 is 0. The smallest absolute Gasteiger partial charge is 0.142 e. The first-order chi connectivity index (χ1) is 13.4. The van der Waals surface area contributed by atoms with E-state index in [-0.39, 0.29) is 0 Å². The third-order valence-electron chi connectivity index (χ3n) is 5.52. The predicted octanol–water partition coefficient (Wildman–Crippen LogP) is 5.42. The van der Waals surface area contributed by atoms with Gasteiger partial charge in [-0.05, 0) is 35.1 Å². The Bertz CT molecular complexity index is 1030. The van der Waals surface area contributed by atoms with Crippen molar-refractivity contribution in [3.8, 4) is 0 Å². The van der Waals surface area contributed by atoms with Crippen molar-refractivity contribution in [2.75, 3.05) is 0 Å². The van der Waals surface area contributed by atoms with Crippen LogP contribution in [0.15, 0.2) is 89.6 Å². The fourth-order valence-corrected chi connectivity index (χ4v) is 4.15. The molecule has 27 heavy (non-hydrogen) atoms. The summed E-state index contributed by atoms with van der Waals surface area (Å²) in [5.74, 6) is 0.297. The summed E-state index contributed by atoms with van der Waals surface area (Å²) in [6, 6.07) is 27.4. The summed E-state index contributed by atoms with van der Waals surface area (Å²) in [5, 5.41) is 4.62. The highest BCUT2D eigenvalue weighted by Gasteiger charge is 2.33. The van der Waals surface area contributed by atoms with Crippen LogP contribution in [-0.4, -0.2) is 5.71 Å². The van der Waals surface area contributed by atoms with Crippen molar-refractivity contribution < 1.29 is 4.84 Å². The van der Waals surface area contributed by atoms with E-state index in [9.17, 15) is 0 Å². The second-order valence-electron chi connectivity index (χ2n) is 7.24. The Balaban J connectivity index is 1.44. The van der Waals surface area contributed by atoms with Gasteiger partial charge in [0.25, 0.3) is 0 Å². The van der Waals surface area contributed by atoms with E-state index in [1.165, 1.54) is 27.8 Å². The molecule has 2 nitrogen and oxygen atoms in total. The van der Waals surface area contributed by atoms with Crippen molar-refractivity contribution in [3.63, 3.8) is 0 Å². The van der Waals surface area contributed by atoms with Gasteiger partial charge in [0.15, 0.2) is 0 Å². The molecule has 1 unspecified atom stereocenters. The Kier molecular flexibility index (Phi) is 4.10. The molecule has 0 spiro atoms. The molecule has 0 N–H and O–H groups in total. The number of nitrogens with zero attached hydrogens (tertiary/aromatic N) is 1. The zero-order chi connectivity index (χ0) is 18.1. The molecule has 0 radical (unpaired) electrons. The van der Waals surface area contributed by atoms with Crippen LogP contribution in [0.1, 0.15) is 27.8 Å². The SMILES string of the molecule is C1=C(C2Cc3ccccc3C2=NOCc2ccccc2)Cc2ccccc21. The van der Waals surface area contributed by atoms with Gasteiger partial charge in [-0.2, -0.15) is 0 Å². The van der Waals surface area contributed by atoms with Crippen molar-refractivity contribution in [1.82, 2.24) is 0 Å². The summed E-state index contributed by atoms with van der Waals surface area (Å²) in [6.45, 7) is 0.499. The largest absolute Gasteiger partial charge is 0.391 e. The average molecular weight is 351 g/mol. The highest BCUT2D eigenvalue weighted by atomic mass is 16.6. The van der Waals surface area contributed by atoms with E-state index in [1.807, 2.05) is 18.2 Å². The minimum atomic E-state index is 0.297. The molecule has 0 amide bonds. The number of rotatable bonds is 4. The molecule has 3 aromatic carbocycles. The van der Waals surface area contributed by atoms with E-state index in [0.29, 0.717) is 12.5 Å². The minimum absolute atomic E-state index is 0.297. The number of hydrogen-bond donors (Lipinski definition) is 0. The molecule has 1 atom stereocenters. The van der Waals surface area contributed by atoms with Gasteiger partial charge >= 0.3 is 0 Å². The van der Waals surface area contributed by atoms with Gasteiger partial charge in [0.2, 0.25) is 0 Å². The summed E-state index contributed by atoms with van der Waals surface area (Å²) >= 11 is 0. The number of fused-ring (bicyclic) bond motifs is 2. The highest BCUT2D eigenvalue weighted by molar-refractivity contribution is 6.08. The second kappa shape index (κ2) is 6.88. The lowest BCUT2D eigenvalue weighted by molar-refractivity contribution is 0.129. The molecular weight excluding hydrogens is 330 g/mol. The van der Waals surface area contributed by atoms with Crippen LogP contribution in [-0.2, 0) is 24.3 Å². The van der Waals surface area contributed by atoms with Gasteiger partial charge in [-0.25, -0.2) is 0 Å². The number of oxime groups is 1. The van der Waals surface area contributed by atoms with Crippen LogP contribution >= 0.6 is 0 Å². The fourth-order valence-electron chi connectivity index (χ4n) is 4.15. The van der Waals surface area contributed by atoms with Crippen molar-refractivity contribution in [2.24, 2.45) is 11.1 Å². The maximum absolute atomic E-state index is 5.79. The molecule has 0 aromatic heterocycles. The molecule has 5 rings (SSSR count). The lowest BCUT2D eigenvalue weighted by Gasteiger charge is -2.13. The first-order valence-corrected chi connectivity index (χ1v) is 9.49. The number of hydrogen-bond acceptors (Lipinski definition) is 2. The Morgan fingerprint density at radius 2 is 1.56 bits per heavy atom. The van der Waals surface area contributed by atoms with E-state index in [4.69, 9.17) is 4.84 Å². The Morgan fingerprint density at radius 1 is 0.815 bits per heavy atom. The molecule has 0 saturated heterocycles. The molecule has 2 heteroatoms. The van der Waals surface area contributed by atoms with Crippen LogP contribution in [0.5, 0.6) is 0 Å². The minimum Gasteiger partial charge on any atom is -0.391 e. The van der Waals surface area contributed by atoms with Gasteiger partial charge in [0.05, 0.1) is 5.71 Å². The molecule has 132 valence electrons. The quantitative estimate of drug-likeness (QED) is 0.575. The Morgan fingerprint density at radius 3 is 2.41 bits per heavy atom. The van der Waals surface area contributed by atoms with Gasteiger partial charge < -0.3 is 4.84 Å². The highest BCUT2D eigenvalue weighted by Crippen LogP contribution is 2.38. The van der Waals surface area contributed by atoms with E-state index in [0.717, 1.165) is 24.1 Å². The maximum atomic E-state index is 5.79. The van der Waals surface area contributed by atoms with Crippen LogP contribution in [0.2, 0.25) is 0 Å². The van der Waals surface area contributed by atoms with Crippen LogP contribution in [0.25, 0.3) is 6.08 Å². The van der Waals surface area contributed by atoms with Gasteiger partial charge in [-0.15, -0.1) is 0 Å². The van der Waals surface area contributed by atoms with Gasteiger partial charge in [-0.1, -0.05) is 95.7 Å². The number of benzene rings is 3. The van der Waals surface area contributed by atoms with Gasteiger partial charge in [-0.3, -0.25) is 0 Å². The second-order valence-corrected chi connectivity index (χ2v) is 7.24. The Labute approximate surface area is 159 Å². The molecule has 0 aliphatic heterocycles. The van der Waals surface area contributed by atoms with Crippen LogP contribution in [0.3, 0.4) is 0 Å². The monoisotopic (exact) mass is 351 g/mol. The van der Waals surface area contributed by atoms with Crippen LogP contribution in [0, 0.1) is 5.92 Å². The van der Waals surface area contributed by atoms with Gasteiger partial charge in [0, 0.05) is 11.5 Å².